The molecule has 0 spiro atoms. The maximum atomic E-state index is 13.1. The van der Waals surface area contributed by atoms with Crippen molar-refractivity contribution in [3.05, 3.63) is 21.8 Å². The maximum Gasteiger partial charge on any atom is 0.466 e. The Bertz CT molecular complexity index is 736. The molecule has 1 aromatic carbocycles. The lowest BCUT2D eigenvalue weighted by Crippen LogP contribution is -2.40. The van der Waals surface area contributed by atoms with E-state index < -0.39 is 37.9 Å². The van der Waals surface area contributed by atoms with Gasteiger partial charge in [0, 0.05) is 0 Å². The Morgan fingerprint density at radius 3 is 2.35 bits per heavy atom. The fourth-order valence-electron chi connectivity index (χ4n) is 1.09. The number of esters is 2. The van der Waals surface area contributed by atoms with Crippen LogP contribution < -0.4 is 9.47 Å². The highest BCUT2D eigenvalue weighted by Gasteiger charge is 2.54. The average molecular weight is 529 g/mol. The van der Waals surface area contributed by atoms with Crippen LogP contribution in [0.1, 0.15) is 6.92 Å². The molecule has 0 amide bonds. The average Bonchev–Trinajstić information content (AvgIpc) is 2.40. The van der Waals surface area contributed by atoms with Gasteiger partial charge >= 0.3 is 27.3 Å². The van der Waals surface area contributed by atoms with Crippen molar-refractivity contribution in [2.75, 3.05) is 0 Å². The fourth-order valence-corrected chi connectivity index (χ4v) is 2.03. The molecule has 0 aliphatic rings. The number of rotatable bonds is 5. The lowest BCUT2D eigenvalue weighted by molar-refractivity contribution is -0.151. The molecule has 0 aliphatic heterocycles. The van der Waals surface area contributed by atoms with Crippen molar-refractivity contribution in [3.8, 4) is 11.5 Å². The molecule has 0 aliphatic carbocycles. The fraction of sp³-hybridized carbons (Fsp3) is 0.273. The van der Waals surface area contributed by atoms with Crippen LogP contribution in [-0.4, -0.2) is 35.0 Å². The summed E-state index contributed by atoms with van der Waals surface area (Å²) in [6.07, 6.45) is 0. The van der Waals surface area contributed by atoms with Crippen LogP contribution in [0, 0.1) is 3.57 Å². The van der Waals surface area contributed by atoms with Crippen molar-refractivity contribution < 1.29 is 40.8 Å². The van der Waals surface area contributed by atoms with E-state index in [1.807, 2.05) is 0 Å². The minimum absolute atomic E-state index is 0.0621. The Hall–Kier alpha value is -0.860. The van der Waals surface area contributed by atoms with Crippen LogP contribution in [0.15, 0.2) is 18.2 Å². The Kier molecular flexibility index (Phi) is 6.46. The molecule has 0 saturated carbocycles. The van der Waals surface area contributed by atoms with Gasteiger partial charge in [0.25, 0.3) is 0 Å². The van der Waals surface area contributed by atoms with Crippen LogP contribution in [0.25, 0.3) is 0 Å². The number of alkyl halides is 3. The zero-order chi connectivity index (χ0) is 18.0. The van der Waals surface area contributed by atoms with Crippen molar-refractivity contribution in [2.45, 2.75) is 17.0 Å². The summed E-state index contributed by atoms with van der Waals surface area (Å²) in [6.45, 7) is 1.53. The third-order valence-corrected chi connectivity index (χ3v) is 4.24. The van der Waals surface area contributed by atoms with E-state index in [-0.39, 0.29) is 9.32 Å². The molecule has 0 bridgehead atoms. The topological polar surface area (TPSA) is 107 Å². The molecular weight excluding hydrogens is 521 g/mol. The first kappa shape index (κ1) is 20.2. The Balaban J connectivity index is 2.96. The van der Waals surface area contributed by atoms with Gasteiger partial charge in [0.2, 0.25) is 0 Å². The first-order valence-corrected chi connectivity index (χ1v) is 9.02. The molecular formula is C11H8BrF2IO7S. The smallest absolute Gasteiger partial charge is 0.426 e. The summed E-state index contributed by atoms with van der Waals surface area (Å²) >= 11 is 4.59. The molecule has 1 atom stereocenters. The van der Waals surface area contributed by atoms with E-state index in [9.17, 15) is 26.8 Å². The summed E-state index contributed by atoms with van der Waals surface area (Å²) in [7, 11) is -5.95. The summed E-state index contributed by atoms with van der Waals surface area (Å²) < 4.78 is 64.7. The van der Waals surface area contributed by atoms with Gasteiger partial charge in [-0.1, -0.05) is 15.9 Å². The predicted molar refractivity (Wildman–Crippen MR) is 85.3 cm³/mol. The number of hydrogen-bond acceptors (Lipinski definition) is 6. The first-order chi connectivity index (χ1) is 10.4. The number of carbonyl (C=O) groups excluding carboxylic acids is 2. The van der Waals surface area contributed by atoms with E-state index in [0.29, 0.717) is 0 Å². The summed E-state index contributed by atoms with van der Waals surface area (Å²) in [5, 5.41) is -5.10. The molecule has 1 N–H and O–H groups in total. The summed E-state index contributed by atoms with van der Waals surface area (Å²) in [6, 6.07) is 3.40. The molecule has 0 radical (unpaired) electrons. The lowest BCUT2D eigenvalue weighted by Gasteiger charge is -2.13. The van der Waals surface area contributed by atoms with Gasteiger partial charge in [-0.3, -0.25) is 9.35 Å². The summed E-state index contributed by atoms with van der Waals surface area (Å²) in [5.41, 5.74) is 0. The molecule has 7 nitrogen and oxygen atoms in total. The van der Waals surface area contributed by atoms with E-state index in [1.165, 1.54) is 13.0 Å². The van der Waals surface area contributed by atoms with Crippen LogP contribution in [0.3, 0.4) is 0 Å². The Morgan fingerprint density at radius 2 is 1.91 bits per heavy atom. The number of benzene rings is 1. The van der Waals surface area contributed by atoms with Crippen molar-refractivity contribution >= 4 is 60.6 Å². The lowest BCUT2D eigenvalue weighted by atomic mass is 10.3. The summed E-state index contributed by atoms with van der Waals surface area (Å²) in [5.74, 6) is -3.40. The molecule has 128 valence electrons. The highest BCUT2D eigenvalue weighted by atomic mass is 127. The Labute approximate surface area is 151 Å². The third kappa shape index (κ3) is 5.06. The van der Waals surface area contributed by atoms with Crippen LogP contribution in [-0.2, 0) is 19.7 Å². The number of ether oxygens (including phenoxy) is 2. The van der Waals surface area contributed by atoms with Gasteiger partial charge in [-0.05, 0) is 47.7 Å². The standard InChI is InChI=1S/C11H8BrF2IO7S/c1-5(12)9(16)21-6-2-3-8(7(15)4-6)22-10(17)11(13,14)23(18,19)20/h2-5H,1H3,(H,18,19,20). The van der Waals surface area contributed by atoms with Gasteiger partial charge < -0.3 is 9.47 Å². The van der Waals surface area contributed by atoms with Crippen molar-refractivity contribution in [2.24, 2.45) is 0 Å². The molecule has 1 unspecified atom stereocenters. The minimum atomic E-state index is -5.95. The second-order valence-corrected chi connectivity index (χ2v) is 8.01. The van der Waals surface area contributed by atoms with E-state index >= 15 is 0 Å². The quantitative estimate of drug-likeness (QED) is 0.205. The third-order valence-electron chi connectivity index (χ3n) is 2.21. The molecule has 0 heterocycles. The van der Waals surface area contributed by atoms with E-state index in [1.54, 1.807) is 22.6 Å². The highest BCUT2D eigenvalue weighted by molar-refractivity contribution is 14.1. The van der Waals surface area contributed by atoms with Crippen molar-refractivity contribution in [1.82, 2.24) is 0 Å². The molecule has 0 fully saturated rings. The second-order valence-electron chi connectivity index (χ2n) is 4.01. The van der Waals surface area contributed by atoms with Gasteiger partial charge in [-0.25, -0.2) is 4.79 Å². The molecule has 1 rings (SSSR count). The first-order valence-electron chi connectivity index (χ1n) is 5.58. The normalized spacial score (nSPS) is 13.3. The minimum Gasteiger partial charge on any atom is -0.426 e. The van der Waals surface area contributed by atoms with Gasteiger partial charge in [0.1, 0.15) is 16.3 Å². The second kappa shape index (κ2) is 7.36. The van der Waals surface area contributed by atoms with Gasteiger partial charge in [-0.2, -0.15) is 17.2 Å². The Morgan fingerprint density at radius 1 is 1.35 bits per heavy atom. The van der Waals surface area contributed by atoms with Crippen LogP contribution in [0.5, 0.6) is 11.5 Å². The van der Waals surface area contributed by atoms with Gasteiger partial charge in [0.15, 0.2) is 0 Å². The van der Waals surface area contributed by atoms with Crippen LogP contribution >= 0.6 is 38.5 Å². The van der Waals surface area contributed by atoms with E-state index in [0.717, 1.165) is 12.1 Å². The van der Waals surface area contributed by atoms with Crippen LogP contribution in [0.4, 0.5) is 8.78 Å². The van der Waals surface area contributed by atoms with Crippen molar-refractivity contribution in [3.63, 3.8) is 0 Å². The molecule has 1 aromatic rings. The maximum absolute atomic E-state index is 13.1. The van der Waals surface area contributed by atoms with E-state index in [2.05, 4.69) is 20.7 Å². The van der Waals surface area contributed by atoms with E-state index in [4.69, 9.17) is 9.29 Å². The predicted octanol–water partition coefficient (Wildman–Crippen LogP) is 2.37. The van der Waals surface area contributed by atoms with Gasteiger partial charge in [0.05, 0.1) is 3.57 Å². The molecule has 23 heavy (non-hydrogen) atoms. The largest absolute Gasteiger partial charge is 0.466 e. The highest BCUT2D eigenvalue weighted by Crippen LogP contribution is 2.29. The number of carbonyl (C=O) groups is 2. The zero-order valence-electron chi connectivity index (χ0n) is 11.1. The van der Waals surface area contributed by atoms with Gasteiger partial charge in [-0.15, -0.1) is 0 Å². The van der Waals surface area contributed by atoms with Crippen LogP contribution in [0.2, 0.25) is 0 Å². The SMILES string of the molecule is CC(Br)C(=O)Oc1ccc(OC(=O)C(F)(F)S(=O)(=O)O)c(I)c1. The number of hydrogen-bond donors (Lipinski definition) is 1. The molecule has 0 aromatic heterocycles. The number of halogens is 4. The van der Waals surface area contributed by atoms with Crippen molar-refractivity contribution in [1.29, 1.82) is 0 Å². The zero-order valence-corrected chi connectivity index (χ0v) is 15.7. The summed E-state index contributed by atoms with van der Waals surface area (Å²) in [4.78, 5) is 22.0. The molecule has 0 saturated heterocycles. The monoisotopic (exact) mass is 528 g/mol. The molecule has 12 heteroatoms.